The number of benzene rings is 2. The van der Waals surface area contributed by atoms with Crippen molar-refractivity contribution < 1.29 is 15.0 Å². The Bertz CT molecular complexity index is 639. The molecule has 0 spiro atoms. The van der Waals surface area contributed by atoms with Crippen molar-refractivity contribution in [1.82, 2.24) is 0 Å². The Morgan fingerprint density at radius 1 is 1.09 bits per heavy atom. The highest BCUT2D eigenvalue weighted by Gasteiger charge is 2.38. The molecule has 0 heterocycles. The molecular formula is C19H23NO3. The smallest absolute Gasteiger partial charge is 0.313 e. The summed E-state index contributed by atoms with van der Waals surface area (Å²) in [6.45, 7) is 1.02. The van der Waals surface area contributed by atoms with Crippen LogP contribution in [0.4, 0.5) is 0 Å². The van der Waals surface area contributed by atoms with Crippen LogP contribution in [0.25, 0.3) is 11.1 Å². The lowest BCUT2D eigenvalue weighted by Gasteiger charge is -2.29. The molecule has 0 saturated carbocycles. The lowest BCUT2D eigenvalue weighted by atomic mass is 9.81. The zero-order chi connectivity index (χ0) is 16.9. The van der Waals surface area contributed by atoms with Crippen molar-refractivity contribution in [2.45, 2.75) is 25.8 Å². The molecule has 0 amide bonds. The van der Waals surface area contributed by atoms with E-state index in [-0.39, 0.29) is 0 Å². The SMILES string of the molecule is C[C@@](CO)(C(=O)O)C(N)CCc1ccc(-c2ccccc2)cc1. The standard InChI is InChI=1S/C19H23NO3/c1-19(13-21,18(22)23)17(20)12-9-14-7-10-16(11-8-14)15-5-3-2-4-6-15/h2-8,10-11,17,21H,9,12-13,20H2,1H3,(H,22,23)/t17?,19-/m0/s1. The minimum atomic E-state index is -1.30. The molecule has 0 aromatic heterocycles. The summed E-state index contributed by atoms with van der Waals surface area (Å²) in [6.07, 6.45) is 1.19. The summed E-state index contributed by atoms with van der Waals surface area (Å²) in [7, 11) is 0. The number of aliphatic hydroxyl groups is 1. The number of carboxylic acids is 1. The van der Waals surface area contributed by atoms with Crippen LogP contribution in [0.2, 0.25) is 0 Å². The number of aliphatic hydroxyl groups excluding tert-OH is 1. The molecule has 4 heteroatoms. The first-order valence-electron chi connectivity index (χ1n) is 7.71. The Balaban J connectivity index is 2.00. The van der Waals surface area contributed by atoms with Gasteiger partial charge in [0.25, 0.3) is 0 Å². The second-order valence-electron chi connectivity index (χ2n) is 6.09. The van der Waals surface area contributed by atoms with E-state index in [0.29, 0.717) is 12.8 Å². The molecule has 0 aliphatic rings. The molecule has 2 aromatic rings. The van der Waals surface area contributed by atoms with E-state index < -0.39 is 24.0 Å². The summed E-state index contributed by atoms with van der Waals surface area (Å²) in [5.41, 5.74) is 8.10. The van der Waals surface area contributed by atoms with Crippen LogP contribution in [-0.4, -0.2) is 28.8 Å². The zero-order valence-electron chi connectivity index (χ0n) is 13.3. The molecule has 2 atom stereocenters. The maximum absolute atomic E-state index is 11.3. The highest BCUT2D eigenvalue weighted by Crippen LogP contribution is 2.24. The molecule has 0 aliphatic heterocycles. The fourth-order valence-electron chi connectivity index (χ4n) is 2.48. The van der Waals surface area contributed by atoms with Crippen LogP contribution >= 0.6 is 0 Å². The van der Waals surface area contributed by atoms with Crippen molar-refractivity contribution in [2.75, 3.05) is 6.61 Å². The molecule has 0 aliphatic carbocycles. The fraction of sp³-hybridized carbons (Fsp3) is 0.316. The quantitative estimate of drug-likeness (QED) is 0.734. The van der Waals surface area contributed by atoms with Crippen LogP contribution in [0.3, 0.4) is 0 Å². The molecule has 0 fully saturated rings. The minimum absolute atomic E-state index is 0.462. The normalized spacial score (nSPS) is 14.9. The van der Waals surface area contributed by atoms with Gasteiger partial charge < -0.3 is 15.9 Å². The molecule has 122 valence electrons. The maximum atomic E-state index is 11.3. The zero-order valence-corrected chi connectivity index (χ0v) is 13.3. The largest absolute Gasteiger partial charge is 0.481 e. The van der Waals surface area contributed by atoms with Gasteiger partial charge in [-0.1, -0.05) is 54.6 Å². The average Bonchev–Trinajstić information content (AvgIpc) is 2.59. The molecule has 2 rings (SSSR count). The van der Waals surface area contributed by atoms with Gasteiger partial charge in [-0.15, -0.1) is 0 Å². The van der Waals surface area contributed by atoms with Gasteiger partial charge in [-0.3, -0.25) is 4.79 Å². The maximum Gasteiger partial charge on any atom is 0.313 e. The molecule has 23 heavy (non-hydrogen) atoms. The van der Waals surface area contributed by atoms with Gasteiger partial charge in [-0.25, -0.2) is 0 Å². The Hall–Kier alpha value is -2.17. The van der Waals surface area contributed by atoms with Crippen molar-refractivity contribution in [2.24, 2.45) is 11.1 Å². The summed E-state index contributed by atoms with van der Waals surface area (Å²) in [6, 6.07) is 17.7. The van der Waals surface area contributed by atoms with Crippen molar-refractivity contribution in [1.29, 1.82) is 0 Å². The Labute approximate surface area is 136 Å². The van der Waals surface area contributed by atoms with Crippen molar-refractivity contribution >= 4 is 5.97 Å². The van der Waals surface area contributed by atoms with Gasteiger partial charge in [0.05, 0.1) is 6.61 Å². The Kier molecular flexibility index (Phi) is 5.53. The van der Waals surface area contributed by atoms with Crippen LogP contribution in [0.5, 0.6) is 0 Å². The van der Waals surface area contributed by atoms with Crippen LogP contribution in [0, 0.1) is 5.41 Å². The number of carbonyl (C=O) groups is 1. The summed E-state index contributed by atoms with van der Waals surface area (Å²) in [5, 5.41) is 18.5. The third-order valence-corrected chi connectivity index (χ3v) is 4.44. The lowest BCUT2D eigenvalue weighted by molar-refractivity contribution is -0.151. The van der Waals surface area contributed by atoms with Gasteiger partial charge in [-0.2, -0.15) is 0 Å². The van der Waals surface area contributed by atoms with Gasteiger partial charge in [0.2, 0.25) is 0 Å². The monoisotopic (exact) mass is 313 g/mol. The minimum Gasteiger partial charge on any atom is -0.481 e. The van der Waals surface area contributed by atoms with Crippen LogP contribution in [0.1, 0.15) is 18.9 Å². The van der Waals surface area contributed by atoms with Crippen molar-refractivity contribution in [3.63, 3.8) is 0 Å². The van der Waals surface area contributed by atoms with Crippen LogP contribution < -0.4 is 5.73 Å². The van der Waals surface area contributed by atoms with E-state index in [4.69, 9.17) is 5.73 Å². The summed E-state index contributed by atoms with van der Waals surface area (Å²) >= 11 is 0. The van der Waals surface area contributed by atoms with Gasteiger partial charge in [0.1, 0.15) is 5.41 Å². The van der Waals surface area contributed by atoms with Gasteiger partial charge in [0, 0.05) is 6.04 Å². The topological polar surface area (TPSA) is 83.5 Å². The summed E-state index contributed by atoms with van der Waals surface area (Å²) in [5.74, 6) is -1.06. The van der Waals surface area contributed by atoms with E-state index in [9.17, 15) is 15.0 Å². The summed E-state index contributed by atoms with van der Waals surface area (Å²) < 4.78 is 0. The molecule has 0 radical (unpaired) electrons. The predicted molar refractivity (Wildman–Crippen MR) is 91.0 cm³/mol. The Morgan fingerprint density at radius 3 is 2.17 bits per heavy atom. The highest BCUT2D eigenvalue weighted by molar-refractivity contribution is 5.75. The number of aryl methyl sites for hydroxylation is 1. The van der Waals surface area contributed by atoms with Gasteiger partial charge >= 0.3 is 5.97 Å². The third-order valence-electron chi connectivity index (χ3n) is 4.44. The van der Waals surface area contributed by atoms with Crippen LogP contribution in [0.15, 0.2) is 54.6 Å². The molecule has 0 bridgehead atoms. The van der Waals surface area contributed by atoms with E-state index >= 15 is 0 Å². The number of hydrogen-bond acceptors (Lipinski definition) is 3. The highest BCUT2D eigenvalue weighted by atomic mass is 16.4. The van der Waals surface area contributed by atoms with Gasteiger partial charge in [-0.05, 0) is 36.5 Å². The number of aliphatic carboxylic acids is 1. The number of rotatable bonds is 7. The van der Waals surface area contributed by atoms with E-state index in [0.717, 1.165) is 16.7 Å². The molecular weight excluding hydrogens is 290 g/mol. The van der Waals surface area contributed by atoms with E-state index in [1.54, 1.807) is 0 Å². The first kappa shape index (κ1) is 17.2. The van der Waals surface area contributed by atoms with Crippen molar-refractivity contribution in [3.05, 3.63) is 60.2 Å². The second kappa shape index (κ2) is 7.40. The third kappa shape index (κ3) is 3.97. The van der Waals surface area contributed by atoms with E-state index in [2.05, 4.69) is 24.3 Å². The fourth-order valence-corrected chi connectivity index (χ4v) is 2.48. The van der Waals surface area contributed by atoms with Crippen molar-refractivity contribution in [3.8, 4) is 11.1 Å². The summed E-state index contributed by atoms with van der Waals surface area (Å²) in [4.78, 5) is 11.3. The van der Waals surface area contributed by atoms with E-state index in [1.165, 1.54) is 6.92 Å². The number of nitrogens with two attached hydrogens (primary N) is 1. The lowest BCUT2D eigenvalue weighted by Crippen LogP contribution is -2.48. The van der Waals surface area contributed by atoms with Gasteiger partial charge in [0.15, 0.2) is 0 Å². The van der Waals surface area contributed by atoms with Crippen LogP contribution in [-0.2, 0) is 11.2 Å². The average molecular weight is 313 g/mol. The molecule has 4 N–H and O–H groups in total. The molecule has 4 nitrogen and oxygen atoms in total. The van der Waals surface area contributed by atoms with E-state index in [1.807, 2.05) is 30.3 Å². The first-order chi connectivity index (χ1) is 11.0. The molecule has 1 unspecified atom stereocenters. The predicted octanol–water partition coefficient (Wildman–Crippen LogP) is 2.70. The second-order valence-corrected chi connectivity index (χ2v) is 6.09. The molecule has 0 saturated heterocycles. The number of carboxylic acid groups (broad SMARTS) is 1. The Morgan fingerprint density at radius 2 is 1.65 bits per heavy atom. The first-order valence-corrected chi connectivity index (χ1v) is 7.71. The number of hydrogen-bond donors (Lipinski definition) is 3. The molecule has 2 aromatic carbocycles.